The van der Waals surface area contributed by atoms with Crippen LogP contribution in [0.1, 0.15) is 90.7 Å². The summed E-state index contributed by atoms with van der Waals surface area (Å²) in [5, 5.41) is 31.9. The van der Waals surface area contributed by atoms with Crippen LogP contribution in [-0.2, 0) is 14.4 Å². The van der Waals surface area contributed by atoms with Crippen molar-refractivity contribution in [1.82, 2.24) is 40.7 Å². The van der Waals surface area contributed by atoms with E-state index in [1.165, 1.54) is 41.4 Å². The van der Waals surface area contributed by atoms with Crippen molar-refractivity contribution in [3.63, 3.8) is 0 Å². The first-order chi connectivity index (χ1) is 36.5. The zero-order chi connectivity index (χ0) is 53.4. The number of carbonyl (C=O) groups is 3. The van der Waals surface area contributed by atoms with Gasteiger partial charge in [0, 0.05) is 73.3 Å². The molecule has 6 heterocycles. The van der Waals surface area contributed by atoms with Crippen molar-refractivity contribution in [2.75, 3.05) is 44.2 Å². The highest BCUT2D eigenvalue weighted by atomic mass is 19.1. The molecule has 0 saturated carbocycles. The van der Waals surface area contributed by atoms with Crippen LogP contribution in [0, 0.1) is 22.9 Å². The number of benzene rings is 4. The van der Waals surface area contributed by atoms with Gasteiger partial charge in [0.15, 0.2) is 5.82 Å². The minimum Gasteiger partial charge on any atom is -0.508 e. The van der Waals surface area contributed by atoms with E-state index in [1.54, 1.807) is 36.4 Å². The number of rotatable bonds is 16. The van der Waals surface area contributed by atoms with Crippen LogP contribution in [0.5, 0.6) is 11.8 Å². The van der Waals surface area contributed by atoms with Gasteiger partial charge >= 0.3 is 6.01 Å². The second-order valence-electron chi connectivity index (χ2n) is 22.1. The molecule has 4 fully saturated rings. The molecule has 4 aliphatic rings. The molecule has 15 nitrogen and oxygen atoms in total. The number of β-amino-alcohol motifs (C(OH)–C–C–N with tert-alkyl or cyclic N) is 1. The molecule has 7 atom stereocenters. The Morgan fingerprint density at radius 3 is 2.38 bits per heavy atom. The fourth-order valence-corrected chi connectivity index (χ4v) is 11.6. The number of aliphatic hydroxyl groups excluding tert-OH is 1. The van der Waals surface area contributed by atoms with Crippen molar-refractivity contribution < 1.29 is 42.5 Å². The molecule has 6 aromatic rings. The summed E-state index contributed by atoms with van der Waals surface area (Å²) in [4.78, 5) is 61.5. The van der Waals surface area contributed by atoms with Crippen LogP contribution < -0.4 is 25.6 Å². The third-order valence-electron chi connectivity index (χ3n) is 15.6. The normalized spacial score (nSPS) is 21.6. The number of aromatic hydroxyl groups is 1. The van der Waals surface area contributed by atoms with Crippen LogP contribution in [0.3, 0.4) is 0 Å². The van der Waals surface area contributed by atoms with Crippen LogP contribution in [0.2, 0.25) is 0 Å². The number of unbranched alkanes of at least 4 members (excludes halogenated alkanes) is 1. The Bertz CT molecular complexity index is 3130. The molecular formula is C58H66F3N9O6. The molecule has 0 radical (unpaired) electrons. The van der Waals surface area contributed by atoms with Crippen molar-refractivity contribution in [3.05, 3.63) is 108 Å². The molecule has 0 spiro atoms. The molecule has 2 unspecified atom stereocenters. The van der Waals surface area contributed by atoms with E-state index in [-0.39, 0.29) is 89.8 Å². The molecule has 2 bridgehead atoms. The number of carbonyl (C=O) groups excluding carboxylic acids is 3. The number of anilines is 1. The fourth-order valence-electron chi connectivity index (χ4n) is 11.6. The van der Waals surface area contributed by atoms with E-state index >= 15 is 8.78 Å². The lowest BCUT2D eigenvalue weighted by atomic mass is 9.85. The summed E-state index contributed by atoms with van der Waals surface area (Å²) in [5.74, 6) is -2.48. The Morgan fingerprint density at radius 2 is 1.63 bits per heavy atom. The maximum Gasteiger partial charge on any atom is 0.319 e. The number of aliphatic hydroxyl groups is 1. The number of aromatic nitrogens is 3. The number of fused-ring (bicyclic) bond motifs is 4. The lowest BCUT2D eigenvalue weighted by Gasteiger charge is -2.35. The lowest BCUT2D eigenvalue weighted by Crippen LogP contribution is -2.57. The number of likely N-dealkylation sites (tertiary alicyclic amines) is 2. The van der Waals surface area contributed by atoms with E-state index in [0.29, 0.717) is 60.2 Å². The van der Waals surface area contributed by atoms with Gasteiger partial charge in [-0.3, -0.25) is 24.3 Å². The van der Waals surface area contributed by atoms with Crippen LogP contribution in [0.15, 0.2) is 85.1 Å². The number of hydrogen-bond acceptors (Lipinski definition) is 12. The molecule has 76 heavy (non-hydrogen) atoms. The second kappa shape index (κ2) is 22.0. The van der Waals surface area contributed by atoms with Crippen molar-refractivity contribution in [2.24, 2.45) is 5.41 Å². The summed E-state index contributed by atoms with van der Waals surface area (Å²) >= 11 is 0. The summed E-state index contributed by atoms with van der Waals surface area (Å²) < 4.78 is 53.1. The number of nitrogens with zero attached hydrogens (tertiary/aromatic N) is 6. The van der Waals surface area contributed by atoms with E-state index in [1.807, 2.05) is 39.8 Å². The second-order valence-corrected chi connectivity index (χ2v) is 22.1. The molecule has 2 aromatic heterocycles. The molecular weight excluding hydrogens is 976 g/mol. The van der Waals surface area contributed by atoms with Crippen molar-refractivity contribution in [3.8, 4) is 34.1 Å². The van der Waals surface area contributed by atoms with Crippen molar-refractivity contribution >= 4 is 45.2 Å². The number of halogens is 3. The molecule has 3 amide bonds. The summed E-state index contributed by atoms with van der Waals surface area (Å²) in [5.41, 5.74) is 1.17. The number of hydrogen-bond donors (Lipinski definition) is 5. The summed E-state index contributed by atoms with van der Waals surface area (Å²) in [6, 6.07) is 19.1. The number of nitrogens with one attached hydrogen (secondary N) is 3. The summed E-state index contributed by atoms with van der Waals surface area (Å²) in [6.07, 6.45) is 5.88. The highest BCUT2D eigenvalue weighted by Gasteiger charge is 2.45. The predicted octanol–water partition coefficient (Wildman–Crippen LogP) is 7.96. The van der Waals surface area contributed by atoms with Gasteiger partial charge in [0.25, 0.3) is 0 Å². The Labute approximate surface area is 440 Å². The van der Waals surface area contributed by atoms with Gasteiger partial charge in [-0.15, -0.1) is 0 Å². The molecule has 4 aliphatic heterocycles. The molecule has 0 aliphatic carbocycles. The molecule has 4 aromatic carbocycles. The summed E-state index contributed by atoms with van der Waals surface area (Å²) in [7, 11) is 0. The topological polar surface area (TPSA) is 185 Å². The van der Waals surface area contributed by atoms with E-state index < -0.39 is 53.1 Å². The Hall–Kier alpha value is -6.89. The van der Waals surface area contributed by atoms with Crippen LogP contribution >= 0.6 is 0 Å². The molecule has 10 rings (SSSR count). The van der Waals surface area contributed by atoms with Crippen molar-refractivity contribution in [2.45, 2.75) is 121 Å². The monoisotopic (exact) mass is 1040 g/mol. The van der Waals surface area contributed by atoms with Gasteiger partial charge in [-0.05, 0) is 105 Å². The smallest absolute Gasteiger partial charge is 0.319 e. The first-order valence-electron chi connectivity index (χ1n) is 26.6. The zero-order valence-electron chi connectivity index (χ0n) is 43.4. The van der Waals surface area contributed by atoms with E-state index in [4.69, 9.17) is 9.72 Å². The first kappa shape index (κ1) is 52.5. The highest BCUT2D eigenvalue weighted by Crippen LogP contribution is 2.39. The van der Waals surface area contributed by atoms with Gasteiger partial charge in [0.2, 0.25) is 17.7 Å². The molecule has 5 N–H and O–H groups in total. The van der Waals surface area contributed by atoms with Crippen LogP contribution in [-0.4, -0.2) is 128 Å². The maximum atomic E-state index is 17.0. The largest absolute Gasteiger partial charge is 0.508 e. The SMILES string of the molecule is C[C@H](NC(=O)[C@@H]1C[C@@H](O)CN1C(=O)[C@@H](NC(=O)CCCCN1CCC[C@H]1COc1nc(N2CC3CCC(C2)N3)c2cnc(-c3cc(O)cc4cccc(F)c34)c(F)c2n1)C(C)(C)C)c1ccc(-c2ccccc2F)cc1. The number of phenolic OH excluding ortho intramolecular Hbond substituents is 1. The number of phenols is 1. The highest BCUT2D eigenvalue weighted by molar-refractivity contribution is 6.00. The molecule has 18 heteroatoms. The Balaban J connectivity index is 0.761. The summed E-state index contributed by atoms with van der Waals surface area (Å²) in [6.45, 7) is 10.4. The Kier molecular flexibility index (Phi) is 15.2. The first-order valence-corrected chi connectivity index (χ1v) is 26.6. The minimum absolute atomic E-state index is 0.00375. The zero-order valence-corrected chi connectivity index (χ0v) is 43.4. The maximum absolute atomic E-state index is 17.0. The average Bonchev–Trinajstić information content (AvgIpc) is 4.13. The average molecular weight is 1040 g/mol. The molecule has 4 saturated heterocycles. The third-order valence-corrected chi connectivity index (χ3v) is 15.6. The number of amides is 3. The van der Waals surface area contributed by atoms with Gasteiger partial charge in [-0.1, -0.05) is 75.4 Å². The van der Waals surface area contributed by atoms with E-state index in [0.717, 1.165) is 37.8 Å². The lowest BCUT2D eigenvalue weighted by molar-refractivity contribution is -0.144. The van der Waals surface area contributed by atoms with Gasteiger partial charge in [-0.25, -0.2) is 13.2 Å². The number of pyridine rings is 1. The van der Waals surface area contributed by atoms with E-state index in [9.17, 15) is 29.0 Å². The minimum atomic E-state index is -0.963. The predicted molar refractivity (Wildman–Crippen MR) is 284 cm³/mol. The number of ether oxygens (including phenoxy) is 1. The van der Waals surface area contributed by atoms with Gasteiger partial charge in [0.1, 0.15) is 53.1 Å². The Morgan fingerprint density at radius 1 is 0.882 bits per heavy atom. The number of piperazine rings is 1. The quantitative estimate of drug-likeness (QED) is 0.0591. The van der Waals surface area contributed by atoms with Gasteiger partial charge in [0.05, 0.1) is 17.5 Å². The third kappa shape index (κ3) is 11.2. The van der Waals surface area contributed by atoms with Gasteiger partial charge < -0.3 is 40.7 Å². The van der Waals surface area contributed by atoms with Crippen LogP contribution in [0.4, 0.5) is 19.0 Å². The fraction of sp³-hybridized carbons (Fsp3) is 0.448. The van der Waals surface area contributed by atoms with E-state index in [2.05, 4.69) is 35.7 Å². The molecule has 400 valence electrons. The van der Waals surface area contributed by atoms with Crippen molar-refractivity contribution in [1.29, 1.82) is 0 Å². The standard InChI is InChI=1S/C58H66F3N9O6/c1-33(34-17-19-35(20-18-34)42-13-5-6-14-45(42)59)63-55(74)47-27-41(72)31-70(47)56(75)53(58(2,3)4)65-48(73)16-7-8-23-68-24-10-12-39(68)32-76-57-66-52-44(54(67-57)69-29-37-21-22-38(30-69)64-37)28-62-51(50(52)61)43-26-40(71)25-36-11-9-15-46(60)49(36)43/h5-6,9,11,13-15,17-20,25-26,28,33,37-39,41,47,53,64,71-72H,7-8,10,12,16,21-24,27,29-32H2,1-4H3,(H,63,74)(H,65,73)/t33-,37?,38?,39-,41+,47-,53+/m0/s1. The van der Waals surface area contributed by atoms with Gasteiger partial charge in [-0.2, -0.15) is 9.97 Å². The van der Waals surface area contributed by atoms with Crippen LogP contribution in [0.25, 0.3) is 44.1 Å².